The van der Waals surface area contributed by atoms with E-state index >= 15 is 0 Å². The molecule has 1 unspecified atom stereocenters. The summed E-state index contributed by atoms with van der Waals surface area (Å²) in [6.45, 7) is 15.4. The number of hydrogen-bond acceptors (Lipinski definition) is 3. The molecule has 3 nitrogen and oxygen atoms in total. The van der Waals surface area contributed by atoms with Gasteiger partial charge in [-0.3, -0.25) is 4.99 Å². The molecule has 2 rings (SSSR count). The fourth-order valence-corrected chi connectivity index (χ4v) is 4.11. The Morgan fingerprint density at radius 3 is 2.29 bits per heavy atom. The van der Waals surface area contributed by atoms with E-state index in [1.165, 1.54) is 16.2 Å². The molecule has 4 heteroatoms. The zero-order chi connectivity index (χ0) is 20.9. The number of benzene rings is 2. The summed E-state index contributed by atoms with van der Waals surface area (Å²) in [6.07, 6.45) is 2.00. The summed E-state index contributed by atoms with van der Waals surface area (Å²) in [6, 6.07) is 13.0. The van der Waals surface area contributed by atoms with Gasteiger partial charge in [-0.2, -0.15) is 0 Å². The van der Waals surface area contributed by atoms with Crippen molar-refractivity contribution >= 4 is 25.4 Å². The predicted molar refractivity (Wildman–Crippen MR) is 124 cm³/mol. The van der Waals surface area contributed by atoms with Crippen LogP contribution in [0.15, 0.2) is 41.4 Å². The van der Waals surface area contributed by atoms with Crippen LogP contribution in [0.25, 0.3) is 0 Å². The average molecular weight is 400 g/mol. The number of methoxy groups -OCH3 is 1. The average Bonchev–Trinajstić information content (AvgIpc) is 2.58. The lowest BCUT2D eigenvalue weighted by Crippen LogP contribution is -2.19. The van der Waals surface area contributed by atoms with Gasteiger partial charge >= 0.3 is 0 Å². The Bertz CT molecular complexity index is 829. The predicted octanol–water partition coefficient (Wildman–Crippen LogP) is 5.12. The highest BCUT2D eigenvalue weighted by atomic mass is 31.1. The Balaban J connectivity index is 2.50. The van der Waals surface area contributed by atoms with Crippen LogP contribution in [0.4, 0.5) is 0 Å². The minimum atomic E-state index is -0.0916. The van der Waals surface area contributed by atoms with E-state index in [-0.39, 0.29) is 17.7 Å². The van der Waals surface area contributed by atoms with Gasteiger partial charge < -0.3 is 9.47 Å². The minimum absolute atomic E-state index is 0.0803. The lowest BCUT2D eigenvalue weighted by Gasteiger charge is -2.23. The molecule has 0 radical (unpaired) electrons. The first kappa shape index (κ1) is 22.6. The van der Waals surface area contributed by atoms with Crippen molar-refractivity contribution in [2.45, 2.75) is 59.4 Å². The molecule has 0 amide bonds. The zero-order valence-electron chi connectivity index (χ0n) is 18.5. The summed E-state index contributed by atoms with van der Waals surface area (Å²) in [7, 11) is 2.13. The van der Waals surface area contributed by atoms with Crippen molar-refractivity contribution in [3.63, 3.8) is 0 Å². The molecule has 0 N–H and O–H groups in total. The topological polar surface area (TPSA) is 30.8 Å². The van der Waals surface area contributed by atoms with Crippen LogP contribution in [-0.4, -0.2) is 25.7 Å². The van der Waals surface area contributed by atoms with Gasteiger partial charge in [0.25, 0.3) is 0 Å². The Morgan fingerprint density at radius 1 is 1.00 bits per heavy atom. The lowest BCUT2D eigenvalue weighted by molar-refractivity contribution is 0.0514. The molecule has 0 saturated carbocycles. The van der Waals surface area contributed by atoms with Crippen LogP contribution >= 0.6 is 8.58 Å². The molecule has 2 aromatic carbocycles. The highest BCUT2D eigenvalue weighted by molar-refractivity contribution is 7.56. The molecular formula is C24H34NO2P. The third-order valence-electron chi connectivity index (χ3n) is 4.28. The smallest absolute Gasteiger partial charge is 0.188 e. The van der Waals surface area contributed by atoms with Crippen LogP contribution in [0.1, 0.15) is 58.2 Å². The van der Waals surface area contributed by atoms with Crippen molar-refractivity contribution in [3.05, 3.63) is 53.1 Å². The maximum Gasteiger partial charge on any atom is 0.188 e. The molecule has 0 heterocycles. The number of aryl methyl sites for hydroxylation is 1. The maximum absolute atomic E-state index is 5.96. The van der Waals surface area contributed by atoms with Gasteiger partial charge in [0.15, 0.2) is 6.79 Å². The molecular weight excluding hydrogens is 365 g/mol. The van der Waals surface area contributed by atoms with Crippen LogP contribution in [0.2, 0.25) is 0 Å². The first-order valence-corrected chi connectivity index (χ1v) is 10.7. The van der Waals surface area contributed by atoms with Crippen molar-refractivity contribution in [2.24, 2.45) is 4.99 Å². The number of rotatable bonds is 6. The van der Waals surface area contributed by atoms with Crippen molar-refractivity contribution < 1.29 is 9.47 Å². The van der Waals surface area contributed by atoms with Crippen molar-refractivity contribution in [1.82, 2.24) is 0 Å². The monoisotopic (exact) mass is 399 g/mol. The van der Waals surface area contributed by atoms with Crippen molar-refractivity contribution in [1.29, 1.82) is 0 Å². The van der Waals surface area contributed by atoms with Gasteiger partial charge in [-0.1, -0.05) is 59.7 Å². The van der Waals surface area contributed by atoms with E-state index in [2.05, 4.69) is 84.9 Å². The Hall–Kier alpha value is -1.70. The fraction of sp³-hybridized carbons (Fsp3) is 0.458. The third kappa shape index (κ3) is 6.43. The number of hydrogen-bond donors (Lipinski definition) is 0. The molecule has 0 aliphatic carbocycles. The Morgan fingerprint density at radius 2 is 1.68 bits per heavy atom. The quantitative estimate of drug-likeness (QED) is 0.383. The van der Waals surface area contributed by atoms with E-state index in [0.29, 0.717) is 8.58 Å². The van der Waals surface area contributed by atoms with Gasteiger partial charge in [0.2, 0.25) is 0 Å². The van der Waals surface area contributed by atoms with Gasteiger partial charge in [-0.25, -0.2) is 0 Å². The van der Waals surface area contributed by atoms with E-state index < -0.39 is 0 Å². The Labute approximate surface area is 172 Å². The standard InChI is InChI=1S/C24H34NO2P/c1-17-13-19(23(2,3)4)14-21(22(17)27-16-26-8)28-20-12-10-9-11-18(20)15-25-24(5,6)7/h9-15,28H,16H2,1-8H3/b25-15+. The van der Waals surface area contributed by atoms with Gasteiger partial charge in [0.1, 0.15) is 5.75 Å². The van der Waals surface area contributed by atoms with Crippen LogP contribution in [0.3, 0.4) is 0 Å². The second-order valence-corrected chi connectivity index (χ2v) is 10.4. The molecule has 0 saturated heterocycles. The molecule has 0 bridgehead atoms. The molecule has 1 atom stereocenters. The van der Waals surface area contributed by atoms with E-state index in [0.717, 1.165) is 16.9 Å². The van der Waals surface area contributed by atoms with Gasteiger partial charge in [-0.15, -0.1) is 0 Å². The summed E-state index contributed by atoms with van der Waals surface area (Å²) in [4.78, 5) is 4.70. The van der Waals surface area contributed by atoms with Crippen LogP contribution in [0.5, 0.6) is 5.75 Å². The summed E-state index contributed by atoms with van der Waals surface area (Å²) in [5.41, 5.74) is 3.61. The van der Waals surface area contributed by atoms with Gasteiger partial charge in [-0.05, 0) is 55.6 Å². The number of ether oxygens (including phenoxy) is 2. The maximum atomic E-state index is 5.96. The van der Waals surface area contributed by atoms with Crippen LogP contribution in [0, 0.1) is 6.92 Å². The van der Waals surface area contributed by atoms with Crippen LogP contribution < -0.4 is 15.3 Å². The van der Waals surface area contributed by atoms with E-state index in [1.807, 2.05) is 6.21 Å². The molecule has 0 aliphatic rings. The normalized spacial score (nSPS) is 13.0. The Kier molecular flexibility index (Phi) is 7.42. The molecule has 0 fully saturated rings. The first-order valence-electron chi connectivity index (χ1n) is 9.69. The van der Waals surface area contributed by atoms with E-state index in [4.69, 9.17) is 14.5 Å². The summed E-state index contributed by atoms with van der Waals surface area (Å²) < 4.78 is 11.1. The number of nitrogens with zero attached hydrogens (tertiary/aromatic N) is 1. The first-order chi connectivity index (χ1) is 13.0. The second-order valence-electron chi connectivity index (χ2n) is 9.11. The van der Waals surface area contributed by atoms with Crippen molar-refractivity contribution in [3.8, 4) is 5.75 Å². The third-order valence-corrected chi connectivity index (χ3v) is 5.65. The molecule has 28 heavy (non-hydrogen) atoms. The largest absolute Gasteiger partial charge is 0.467 e. The van der Waals surface area contributed by atoms with Gasteiger partial charge in [0.05, 0.1) is 5.54 Å². The molecule has 0 aromatic heterocycles. The van der Waals surface area contributed by atoms with Gasteiger partial charge in [0, 0.05) is 24.2 Å². The number of aliphatic imine (C=N–C) groups is 1. The highest BCUT2D eigenvalue weighted by Gasteiger charge is 2.19. The minimum Gasteiger partial charge on any atom is -0.467 e. The summed E-state index contributed by atoms with van der Waals surface area (Å²) >= 11 is 0. The summed E-state index contributed by atoms with van der Waals surface area (Å²) in [5, 5.41) is 2.47. The fourth-order valence-electron chi connectivity index (χ4n) is 2.74. The summed E-state index contributed by atoms with van der Waals surface area (Å²) in [5.74, 6) is 0.927. The highest BCUT2D eigenvalue weighted by Crippen LogP contribution is 2.31. The van der Waals surface area contributed by atoms with E-state index in [1.54, 1.807) is 7.11 Å². The van der Waals surface area contributed by atoms with Crippen molar-refractivity contribution in [2.75, 3.05) is 13.9 Å². The second kappa shape index (κ2) is 9.20. The van der Waals surface area contributed by atoms with Crippen LogP contribution in [-0.2, 0) is 10.2 Å². The molecule has 0 spiro atoms. The van der Waals surface area contributed by atoms with E-state index in [9.17, 15) is 0 Å². The SMILES string of the molecule is COCOc1c(C)cc(C(C)(C)C)cc1Pc1ccccc1/C=N/C(C)(C)C. The molecule has 152 valence electrons. The molecule has 0 aliphatic heterocycles. The lowest BCUT2D eigenvalue weighted by atomic mass is 9.86. The molecule has 2 aromatic rings. The zero-order valence-corrected chi connectivity index (χ0v) is 19.5.